The number of hydrogen-bond acceptors (Lipinski definition) is 2. The zero-order valence-corrected chi connectivity index (χ0v) is 9.83. The maximum absolute atomic E-state index is 11.1. The molecule has 0 radical (unpaired) electrons. The van der Waals surface area contributed by atoms with Gasteiger partial charge in [0.1, 0.15) is 0 Å². The first-order valence-corrected chi connectivity index (χ1v) is 5.17. The number of rotatable bonds is 6. The van der Waals surface area contributed by atoms with Crippen LogP contribution >= 0.6 is 0 Å². The first-order chi connectivity index (χ1) is 6.70. The quantitative estimate of drug-likeness (QED) is 0.668. The van der Waals surface area contributed by atoms with Gasteiger partial charge in [-0.2, -0.15) is 0 Å². The van der Waals surface area contributed by atoms with E-state index in [2.05, 4.69) is 0 Å². The lowest BCUT2D eigenvalue weighted by molar-refractivity contribution is -0.173. The van der Waals surface area contributed by atoms with Gasteiger partial charge in [-0.15, -0.1) is 0 Å². The second-order valence-corrected chi connectivity index (χ2v) is 4.72. The van der Waals surface area contributed by atoms with Crippen molar-refractivity contribution in [2.24, 2.45) is 10.8 Å². The third-order valence-electron chi connectivity index (χ3n) is 3.36. The highest BCUT2D eigenvalue weighted by atomic mass is 16.4. The van der Waals surface area contributed by atoms with Gasteiger partial charge in [0.05, 0.1) is 0 Å². The van der Waals surface area contributed by atoms with E-state index in [4.69, 9.17) is 10.2 Å². The minimum absolute atomic E-state index is 0.596. The molecule has 88 valence electrons. The summed E-state index contributed by atoms with van der Waals surface area (Å²) in [4.78, 5) is 22.2. The zero-order chi connectivity index (χ0) is 12.3. The molecule has 0 fully saturated rings. The van der Waals surface area contributed by atoms with Crippen LogP contribution in [0.1, 0.15) is 47.0 Å². The SMILES string of the molecule is CCCCC(C)(C)C(C)(C(=O)O)C(=O)O. The van der Waals surface area contributed by atoms with Crippen molar-refractivity contribution < 1.29 is 19.8 Å². The summed E-state index contributed by atoms with van der Waals surface area (Å²) < 4.78 is 0. The second-order valence-electron chi connectivity index (χ2n) is 4.72. The van der Waals surface area contributed by atoms with Crippen molar-refractivity contribution in [2.75, 3.05) is 0 Å². The smallest absolute Gasteiger partial charge is 0.321 e. The Morgan fingerprint density at radius 2 is 1.47 bits per heavy atom. The zero-order valence-electron chi connectivity index (χ0n) is 9.83. The summed E-state index contributed by atoms with van der Waals surface area (Å²) in [5.74, 6) is -2.53. The van der Waals surface area contributed by atoms with Crippen LogP contribution in [0.5, 0.6) is 0 Å². The highest BCUT2D eigenvalue weighted by Crippen LogP contribution is 2.43. The fraction of sp³-hybridized carbons (Fsp3) is 0.818. The van der Waals surface area contributed by atoms with E-state index in [9.17, 15) is 9.59 Å². The van der Waals surface area contributed by atoms with E-state index >= 15 is 0 Å². The van der Waals surface area contributed by atoms with Crippen LogP contribution in [0, 0.1) is 10.8 Å². The Kier molecular flexibility index (Phi) is 4.31. The molecule has 0 atom stereocenters. The normalized spacial score (nSPS) is 12.5. The molecule has 0 spiro atoms. The maximum atomic E-state index is 11.1. The molecule has 0 rings (SSSR count). The summed E-state index contributed by atoms with van der Waals surface area (Å²) >= 11 is 0. The topological polar surface area (TPSA) is 74.6 Å². The van der Waals surface area contributed by atoms with Gasteiger partial charge in [-0.1, -0.05) is 33.6 Å². The van der Waals surface area contributed by atoms with Crippen LogP contribution in [0.15, 0.2) is 0 Å². The molecule has 0 unspecified atom stereocenters. The lowest BCUT2D eigenvalue weighted by Crippen LogP contribution is -2.48. The molecule has 0 aliphatic rings. The maximum Gasteiger partial charge on any atom is 0.321 e. The van der Waals surface area contributed by atoms with Crippen molar-refractivity contribution in [3.8, 4) is 0 Å². The molecule has 0 saturated carbocycles. The van der Waals surface area contributed by atoms with E-state index in [1.807, 2.05) is 6.92 Å². The van der Waals surface area contributed by atoms with Crippen LogP contribution in [0.4, 0.5) is 0 Å². The summed E-state index contributed by atoms with van der Waals surface area (Å²) in [6.45, 7) is 6.68. The number of unbranched alkanes of at least 4 members (excludes halogenated alkanes) is 1. The van der Waals surface area contributed by atoms with Crippen molar-refractivity contribution in [3.63, 3.8) is 0 Å². The molecule has 15 heavy (non-hydrogen) atoms. The number of carboxylic acids is 2. The fourth-order valence-corrected chi connectivity index (χ4v) is 1.54. The van der Waals surface area contributed by atoms with Gasteiger partial charge in [0, 0.05) is 0 Å². The van der Waals surface area contributed by atoms with E-state index in [1.54, 1.807) is 13.8 Å². The van der Waals surface area contributed by atoms with E-state index in [0.29, 0.717) is 6.42 Å². The average molecular weight is 216 g/mol. The monoisotopic (exact) mass is 216 g/mol. The van der Waals surface area contributed by atoms with Crippen LogP contribution in [-0.2, 0) is 9.59 Å². The van der Waals surface area contributed by atoms with E-state index in [0.717, 1.165) is 12.8 Å². The third kappa shape index (κ3) is 2.49. The Labute approximate surface area is 90.3 Å². The molecule has 0 heterocycles. The minimum Gasteiger partial charge on any atom is -0.480 e. The first-order valence-electron chi connectivity index (χ1n) is 5.17. The summed E-state index contributed by atoms with van der Waals surface area (Å²) in [6.07, 6.45) is 2.36. The summed E-state index contributed by atoms with van der Waals surface area (Å²) in [5, 5.41) is 18.1. The van der Waals surface area contributed by atoms with Gasteiger partial charge in [-0.05, 0) is 18.8 Å². The van der Waals surface area contributed by atoms with Crippen molar-refractivity contribution >= 4 is 11.9 Å². The highest BCUT2D eigenvalue weighted by Gasteiger charge is 2.53. The van der Waals surface area contributed by atoms with E-state index in [-0.39, 0.29) is 0 Å². The minimum atomic E-state index is -1.72. The van der Waals surface area contributed by atoms with E-state index in [1.165, 1.54) is 6.92 Å². The number of carbonyl (C=O) groups is 2. The lowest BCUT2D eigenvalue weighted by atomic mass is 9.64. The predicted octanol–water partition coefficient (Wildman–Crippen LogP) is 2.38. The molecule has 4 heteroatoms. The molecule has 4 nitrogen and oxygen atoms in total. The van der Waals surface area contributed by atoms with Gasteiger partial charge in [0.15, 0.2) is 5.41 Å². The molecule has 0 aromatic rings. The molecule has 0 aliphatic carbocycles. The second kappa shape index (κ2) is 4.64. The summed E-state index contributed by atoms with van der Waals surface area (Å²) in [5.41, 5.74) is -2.47. The summed E-state index contributed by atoms with van der Waals surface area (Å²) in [7, 11) is 0. The first kappa shape index (κ1) is 13.9. The standard InChI is InChI=1S/C11H20O4/c1-5-6-7-10(2,3)11(4,8(12)13)9(14)15/h5-7H2,1-4H3,(H,12,13)(H,14,15). The number of aliphatic carboxylic acids is 2. The molecule has 2 N–H and O–H groups in total. The lowest BCUT2D eigenvalue weighted by Gasteiger charge is -2.37. The predicted molar refractivity (Wildman–Crippen MR) is 56.7 cm³/mol. The summed E-state index contributed by atoms with van der Waals surface area (Å²) in [6, 6.07) is 0. The van der Waals surface area contributed by atoms with Crippen LogP contribution < -0.4 is 0 Å². The Hall–Kier alpha value is -1.06. The van der Waals surface area contributed by atoms with Crippen molar-refractivity contribution in [1.82, 2.24) is 0 Å². The Bertz CT molecular complexity index is 241. The van der Waals surface area contributed by atoms with Crippen LogP contribution in [0.2, 0.25) is 0 Å². The van der Waals surface area contributed by atoms with Gasteiger partial charge < -0.3 is 10.2 Å². The average Bonchev–Trinajstić information content (AvgIpc) is 2.12. The van der Waals surface area contributed by atoms with Crippen LogP contribution in [-0.4, -0.2) is 22.2 Å². The number of hydrogen-bond donors (Lipinski definition) is 2. The van der Waals surface area contributed by atoms with Gasteiger partial charge >= 0.3 is 11.9 Å². The molecule has 0 aliphatic heterocycles. The molecule has 0 saturated heterocycles. The van der Waals surface area contributed by atoms with Crippen molar-refractivity contribution in [2.45, 2.75) is 47.0 Å². The van der Waals surface area contributed by atoms with Crippen molar-refractivity contribution in [3.05, 3.63) is 0 Å². The number of carboxylic acid groups (broad SMARTS) is 2. The van der Waals surface area contributed by atoms with E-state index < -0.39 is 22.8 Å². The van der Waals surface area contributed by atoms with Gasteiger partial charge in [-0.3, -0.25) is 9.59 Å². The Morgan fingerprint density at radius 3 is 1.73 bits per heavy atom. The molecular weight excluding hydrogens is 196 g/mol. The highest BCUT2D eigenvalue weighted by molar-refractivity contribution is 5.98. The molecule has 0 aromatic heterocycles. The fourth-order valence-electron chi connectivity index (χ4n) is 1.54. The van der Waals surface area contributed by atoms with Crippen LogP contribution in [0.25, 0.3) is 0 Å². The van der Waals surface area contributed by atoms with Gasteiger partial charge in [0.2, 0.25) is 0 Å². The van der Waals surface area contributed by atoms with Crippen LogP contribution in [0.3, 0.4) is 0 Å². The molecule has 0 bridgehead atoms. The Morgan fingerprint density at radius 1 is 1.07 bits per heavy atom. The molecular formula is C11H20O4. The van der Waals surface area contributed by atoms with Gasteiger partial charge in [0.25, 0.3) is 0 Å². The van der Waals surface area contributed by atoms with Crippen molar-refractivity contribution in [1.29, 1.82) is 0 Å². The molecule has 0 amide bonds. The Balaban J connectivity index is 5.07. The molecule has 0 aromatic carbocycles. The largest absolute Gasteiger partial charge is 0.480 e. The van der Waals surface area contributed by atoms with Gasteiger partial charge in [-0.25, -0.2) is 0 Å². The third-order valence-corrected chi connectivity index (χ3v) is 3.36.